The van der Waals surface area contributed by atoms with Crippen molar-refractivity contribution in [3.8, 4) is 0 Å². The molecule has 0 rings (SSSR count). The van der Waals surface area contributed by atoms with Gasteiger partial charge in [0.2, 0.25) is 0 Å². The molecule has 0 bridgehead atoms. The second-order valence-electron chi connectivity index (χ2n) is 3.70. The standard InChI is InChI=1S/C9H19N.ClH/c1-7(2)9(5,6)10-8(3)4;/h8,10H,1H2,2-6H3;1H. The third kappa shape index (κ3) is 5.28. The molecule has 0 aliphatic rings. The van der Waals surface area contributed by atoms with Crippen LogP contribution in [0.1, 0.15) is 34.6 Å². The van der Waals surface area contributed by atoms with Crippen molar-refractivity contribution in [2.24, 2.45) is 0 Å². The number of nitrogens with one attached hydrogen (secondary N) is 1. The molecule has 0 fully saturated rings. The summed E-state index contributed by atoms with van der Waals surface area (Å²) >= 11 is 0. The van der Waals surface area contributed by atoms with E-state index in [-0.39, 0.29) is 17.9 Å². The van der Waals surface area contributed by atoms with Crippen molar-refractivity contribution in [1.82, 2.24) is 5.32 Å². The largest absolute Gasteiger partial charge is 0.306 e. The van der Waals surface area contributed by atoms with Crippen LogP contribution in [0.3, 0.4) is 0 Å². The molecule has 1 nitrogen and oxygen atoms in total. The van der Waals surface area contributed by atoms with Crippen molar-refractivity contribution in [3.05, 3.63) is 12.2 Å². The molecule has 1 N–H and O–H groups in total. The van der Waals surface area contributed by atoms with Crippen LogP contribution in [0.2, 0.25) is 0 Å². The minimum absolute atomic E-state index is 0. The van der Waals surface area contributed by atoms with Crippen LogP contribution < -0.4 is 5.32 Å². The second kappa shape index (κ2) is 4.78. The Morgan fingerprint density at radius 1 is 1.36 bits per heavy atom. The van der Waals surface area contributed by atoms with Crippen LogP contribution >= 0.6 is 12.4 Å². The highest BCUT2D eigenvalue weighted by atomic mass is 35.5. The maximum atomic E-state index is 3.92. The molecule has 0 unspecified atom stereocenters. The summed E-state index contributed by atoms with van der Waals surface area (Å²) in [6.45, 7) is 14.6. The summed E-state index contributed by atoms with van der Waals surface area (Å²) in [6.07, 6.45) is 0. The molecular formula is C9H20ClN. The van der Waals surface area contributed by atoms with E-state index < -0.39 is 0 Å². The lowest BCUT2D eigenvalue weighted by atomic mass is 9.96. The monoisotopic (exact) mass is 177 g/mol. The molecule has 0 aliphatic carbocycles. The van der Waals surface area contributed by atoms with Crippen molar-refractivity contribution in [3.63, 3.8) is 0 Å². The zero-order valence-electron chi connectivity index (χ0n) is 8.19. The van der Waals surface area contributed by atoms with E-state index in [0.717, 1.165) is 0 Å². The van der Waals surface area contributed by atoms with Crippen LogP contribution in [0.15, 0.2) is 12.2 Å². The maximum Gasteiger partial charge on any atom is 0.0333 e. The van der Waals surface area contributed by atoms with E-state index in [1.165, 1.54) is 5.57 Å². The highest BCUT2D eigenvalue weighted by Crippen LogP contribution is 2.13. The Bertz CT molecular complexity index is 128. The highest BCUT2D eigenvalue weighted by molar-refractivity contribution is 5.85. The fourth-order valence-electron chi connectivity index (χ4n) is 0.845. The topological polar surface area (TPSA) is 12.0 Å². The lowest BCUT2D eigenvalue weighted by molar-refractivity contribution is 0.408. The van der Waals surface area contributed by atoms with Gasteiger partial charge in [-0.15, -0.1) is 12.4 Å². The van der Waals surface area contributed by atoms with E-state index in [1.807, 2.05) is 0 Å². The molecule has 0 aromatic heterocycles. The van der Waals surface area contributed by atoms with Crippen LogP contribution in [0.5, 0.6) is 0 Å². The molecule has 0 atom stereocenters. The van der Waals surface area contributed by atoms with Crippen molar-refractivity contribution in [2.45, 2.75) is 46.2 Å². The van der Waals surface area contributed by atoms with Gasteiger partial charge in [-0.2, -0.15) is 0 Å². The number of hydrogen-bond donors (Lipinski definition) is 1. The first-order valence-electron chi connectivity index (χ1n) is 3.80. The van der Waals surface area contributed by atoms with Gasteiger partial charge in [-0.25, -0.2) is 0 Å². The molecule has 0 amide bonds. The van der Waals surface area contributed by atoms with Gasteiger partial charge < -0.3 is 5.32 Å². The number of halogens is 1. The van der Waals surface area contributed by atoms with Gasteiger partial charge in [0.25, 0.3) is 0 Å². The summed E-state index contributed by atoms with van der Waals surface area (Å²) < 4.78 is 0. The molecule has 0 saturated carbocycles. The second-order valence-corrected chi connectivity index (χ2v) is 3.70. The summed E-state index contributed by atoms with van der Waals surface area (Å²) in [5, 5.41) is 3.42. The van der Waals surface area contributed by atoms with Gasteiger partial charge >= 0.3 is 0 Å². The lowest BCUT2D eigenvalue weighted by Gasteiger charge is -2.29. The molecular weight excluding hydrogens is 158 g/mol. The van der Waals surface area contributed by atoms with Crippen molar-refractivity contribution < 1.29 is 0 Å². The van der Waals surface area contributed by atoms with Crippen LogP contribution in [0.4, 0.5) is 0 Å². The van der Waals surface area contributed by atoms with Crippen molar-refractivity contribution in [2.75, 3.05) is 0 Å². The Morgan fingerprint density at radius 3 is 1.82 bits per heavy atom. The highest BCUT2D eigenvalue weighted by Gasteiger charge is 2.18. The van der Waals surface area contributed by atoms with Gasteiger partial charge in [0, 0.05) is 11.6 Å². The fraction of sp³-hybridized carbons (Fsp3) is 0.778. The van der Waals surface area contributed by atoms with E-state index in [1.54, 1.807) is 0 Å². The zero-order chi connectivity index (χ0) is 8.36. The summed E-state index contributed by atoms with van der Waals surface area (Å²) in [5.74, 6) is 0. The first kappa shape index (κ1) is 13.6. The van der Waals surface area contributed by atoms with Gasteiger partial charge in [-0.1, -0.05) is 26.0 Å². The summed E-state index contributed by atoms with van der Waals surface area (Å²) in [7, 11) is 0. The molecule has 0 saturated heterocycles. The average molecular weight is 178 g/mol. The zero-order valence-corrected chi connectivity index (χ0v) is 9.01. The van der Waals surface area contributed by atoms with Gasteiger partial charge in [0.15, 0.2) is 0 Å². The number of hydrogen-bond acceptors (Lipinski definition) is 1. The molecule has 0 heterocycles. The van der Waals surface area contributed by atoms with Crippen LogP contribution in [0.25, 0.3) is 0 Å². The molecule has 0 aliphatic heterocycles. The molecule has 0 spiro atoms. The van der Waals surface area contributed by atoms with E-state index in [4.69, 9.17) is 0 Å². The number of rotatable bonds is 3. The smallest absolute Gasteiger partial charge is 0.0333 e. The molecule has 0 radical (unpaired) electrons. The van der Waals surface area contributed by atoms with Crippen molar-refractivity contribution in [1.29, 1.82) is 0 Å². The fourth-order valence-corrected chi connectivity index (χ4v) is 0.845. The summed E-state index contributed by atoms with van der Waals surface area (Å²) in [6, 6.07) is 0.520. The third-order valence-electron chi connectivity index (χ3n) is 1.72. The first-order valence-corrected chi connectivity index (χ1v) is 3.80. The van der Waals surface area contributed by atoms with Crippen LogP contribution in [0, 0.1) is 0 Å². The molecule has 68 valence electrons. The summed E-state index contributed by atoms with van der Waals surface area (Å²) in [5.41, 5.74) is 1.26. The van der Waals surface area contributed by atoms with E-state index in [9.17, 15) is 0 Å². The Morgan fingerprint density at radius 2 is 1.73 bits per heavy atom. The molecule has 11 heavy (non-hydrogen) atoms. The van der Waals surface area contributed by atoms with Crippen LogP contribution in [-0.2, 0) is 0 Å². The van der Waals surface area contributed by atoms with Gasteiger partial charge in [0.1, 0.15) is 0 Å². The quantitative estimate of drug-likeness (QED) is 0.654. The summed E-state index contributed by atoms with van der Waals surface area (Å²) in [4.78, 5) is 0. The average Bonchev–Trinajstić information content (AvgIpc) is 1.60. The minimum Gasteiger partial charge on any atom is -0.306 e. The van der Waals surface area contributed by atoms with E-state index in [0.29, 0.717) is 6.04 Å². The Labute approximate surface area is 76.7 Å². The molecule has 2 heteroatoms. The van der Waals surface area contributed by atoms with Gasteiger partial charge in [-0.3, -0.25) is 0 Å². The first-order chi connectivity index (χ1) is 4.36. The third-order valence-corrected chi connectivity index (χ3v) is 1.72. The predicted molar refractivity (Wildman–Crippen MR) is 54.4 cm³/mol. The normalized spacial score (nSPS) is 11.1. The van der Waals surface area contributed by atoms with E-state index >= 15 is 0 Å². The lowest BCUT2D eigenvalue weighted by Crippen LogP contribution is -2.44. The Hall–Kier alpha value is -0.0100. The predicted octanol–water partition coefficient (Wildman–Crippen LogP) is 2.76. The maximum absolute atomic E-state index is 3.92. The Balaban J connectivity index is 0. The van der Waals surface area contributed by atoms with Gasteiger partial charge in [-0.05, 0) is 20.8 Å². The minimum atomic E-state index is 0. The van der Waals surface area contributed by atoms with E-state index in [2.05, 4.69) is 46.5 Å². The Kier molecular flexibility index (Phi) is 5.90. The van der Waals surface area contributed by atoms with Crippen molar-refractivity contribution >= 4 is 12.4 Å². The van der Waals surface area contributed by atoms with Crippen LogP contribution in [-0.4, -0.2) is 11.6 Å². The molecule has 0 aromatic rings. The van der Waals surface area contributed by atoms with Gasteiger partial charge in [0.05, 0.1) is 0 Å². The molecule has 0 aromatic carbocycles. The SMILES string of the molecule is C=C(C)C(C)(C)NC(C)C.Cl.